The highest BCUT2D eigenvalue weighted by Gasteiger charge is 2.31. The second kappa shape index (κ2) is 8.45. The van der Waals surface area contributed by atoms with E-state index in [1.807, 2.05) is 0 Å². The molecule has 0 spiro atoms. The Balaban J connectivity index is 1.67. The van der Waals surface area contributed by atoms with Gasteiger partial charge in [0.25, 0.3) is 5.91 Å². The summed E-state index contributed by atoms with van der Waals surface area (Å²) in [7, 11) is 0. The molecule has 0 atom stereocenters. The van der Waals surface area contributed by atoms with E-state index in [2.05, 4.69) is 5.32 Å². The number of rotatable bonds is 5. The van der Waals surface area contributed by atoms with Crippen molar-refractivity contribution in [3.05, 3.63) is 88.4 Å². The van der Waals surface area contributed by atoms with Crippen LogP contribution in [-0.4, -0.2) is 11.0 Å². The fraction of sp³-hybridized carbons (Fsp3) is 0.0952. The van der Waals surface area contributed by atoms with Crippen LogP contribution in [-0.2, 0) is 12.8 Å². The number of aromatic hydroxyl groups is 1. The number of amides is 1. The molecule has 1 amide bonds. The maximum absolute atomic E-state index is 12.7. The van der Waals surface area contributed by atoms with E-state index in [0.29, 0.717) is 16.8 Å². The number of phenolic OH excluding ortho intramolecular Hbond substituents is 1. The third-order valence-corrected chi connectivity index (χ3v) is 4.26. The SMILES string of the molecule is O=C(Nc1ccc(O)cc1)c1cccc(COc2ccc(C(F)(F)F)cc2Cl)c1. The standard InChI is InChI=1S/C21H15ClF3NO3/c22-18-11-15(21(23,24)25)4-9-19(18)29-12-13-2-1-3-14(10-13)20(28)26-16-5-7-17(27)8-6-16/h1-11,27H,12H2,(H,26,28). The molecule has 0 saturated carbocycles. The van der Waals surface area contributed by atoms with Crippen molar-refractivity contribution < 1.29 is 27.8 Å². The first-order valence-electron chi connectivity index (χ1n) is 8.41. The van der Waals surface area contributed by atoms with Gasteiger partial charge in [0.1, 0.15) is 18.1 Å². The number of carbonyl (C=O) groups excluding carboxylic acids is 1. The number of hydrogen-bond donors (Lipinski definition) is 2. The van der Waals surface area contributed by atoms with E-state index in [1.54, 1.807) is 36.4 Å². The van der Waals surface area contributed by atoms with Crippen molar-refractivity contribution in [2.75, 3.05) is 5.32 Å². The molecule has 3 rings (SSSR count). The van der Waals surface area contributed by atoms with E-state index in [1.165, 1.54) is 12.1 Å². The molecule has 0 aliphatic carbocycles. The first kappa shape index (κ1) is 20.5. The van der Waals surface area contributed by atoms with E-state index in [4.69, 9.17) is 16.3 Å². The number of phenols is 1. The molecule has 150 valence electrons. The highest BCUT2D eigenvalue weighted by molar-refractivity contribution is 6.32. The smallest absolute Gasteiger partial charge is 0.416 e. The normalized spacial score (nSPS) is 11.2. The van der Waals surface area contributed by atoms with Crippen LogP contribution in [0, 0.1) is 0 Å². The quantitative estimate of drug-likeness (QED) is 0.504. The Kier molecular flexibility index (Phi) is 5.98. The molecule has 29 heavy (non-hydrogen) atoms. The summed E-state index contributed by atoms with van der Waals surface area (Å²) in [4.78, 5) is 12.4. The van der Waals surface area contributed by atoms with Crippen molar-refractivity contribution in [1.82, 2.24) is 0 Å². The van der Waals surface area contributed by atoms with Gasteiger partial charge in [0, 0.05) is 11.3 Å². The second-order valence-electron chi connectivity index (χ2n) is 6.13. The van der Waals surface area contributed by atoms with Crippen molar-refractivity contribution in [3.8, 4) is 11.5 Å². The van der Waals surface area contributed by atoms with Gasteiger partial charge in [0.05, 0.1) is 10.6 Å². The Morgan fingerprint density at radius 1 is 1.03 bits per heavy atom. The molecule has 8 heteroatoms. The largest absolute Gasteiger partial charge is 0.508 e. The van der Waals surface area contributed by atoms with Crippen molar-refractivity contribution in [3.63, 3.8) is 0 Å². The predicted molar refractivity (Wildman–Crippen MR) is 103 cm³/mol. The zero-order valence-electron chi connectivity index (χ0n) is 14.8. The molecule has 3 aromatic carbocycles. The summed E-state index contributed by atoms with van der Waals surface area (Å²) in [5.41, 5.74) is 0.672. The Morgan fingerprint density at radius 2 is 1.76 bits per heavy atom. The Labute approximate surface area is 169 Å². The number of alkyl halides is 3. The summed E-state index contributed by atoms with van der Waals surface area (Å²) in [6.45, 7) is 0.0193. The van der Waals surface area contributed by atoms with E-state index >= 15 is 0 Å². The Hall–Kier alpha value is -3.19. The molecule has 4 nitrogen and oxygen atoms in total. The van der Waals surface area contributed by atoms with E-state index < -0.39 is 11.7 Å². The van der Waals surface area contributed by atoms with Crippen molar-refractivity contribution in [2.24, 2.45) is 0 Å². The molecule has 0 aliphatic rings. The number of anilines is 1. The van der Waals surface area contributed by atoms with Gasteiger partial charge < -0.3 is 15.2 Å². The number of carbonyl (C=O) groups is 1. The van der Waals surface area contributed by atoms with E-state index in [0.717, 1.165) is 18.2 Å². The molecule has 2 N–H and O–H groups in total. The highest BCUT2D eigenvalue weighted by atomic mass is 35.5. The molecule has 0 radical (unpaired) electrons. The lowest BCUT2D eigenvalue weighted by molar-refractivity contribution is -0.137. The van der Waals surface area contributed by atoms with Gasteiger partial charge in [-0.15, -0.1) is 0 Å². The zero-order chi connectivity index (χ0) is 21.0. The summed E-state index contributed by atoms with van der Waals surface area (Å²) < 4.78 is 43.6. The lowest BCUT2D eigenvalue weighted by Crippen LogP contribution is -2.12. The van der Waals surface area contributed by atoms with Crippen LogP contribution in [0.25, 0.3) is 0 Å². The number of halogens is 4. The molecule has 0 aliphatic heterocycles. The van der Waals surface area contributed by atoms with Gasteiger partial charge in [-0.2, -0.15) is 13.2 Å². The van der Waals surface area contributed by atoms with Crippen molar-refractivity contribution in [1.29, 1.82) is 0 Å². The minimum atomic E-state index is -4.48. The number of nitrogens with one attached hydrogen (secondary N) is 1. The maximum Gasteiger partial charge on any atom is 0.416 e. The van der Waals surface area contributed by atoms with Crippen LogP contribution in [0.2, 0.25) is 5.02 Å². The average Bonchev–Trinajstić information content (AvgIpc) is 2.68. The molecular weight excluding hydrogens is 407 g/mol. The molecule has 0 aromatic heterocycles. The first-order chi connectivity index (χ1) is 13.7. The number of benzene rings is 3. The number of hydrogen-bond acceptors (Lipinski definition) is 3. The summed E-state index contributed by atoms with van der Waals surface area (Å²) >= 11 is 5.88. The summed E-state index contributed by atoms with van der Waals surface area (Å²) in [5.74, 6) is -0.159. The monoisotopic (exact) mass is 421 g/mol. The molecule has 0 unspecified atom stereocenters. The summed E-state index contributed by atoms with van der Waals surface area (Å²) in [6.07, 6.45) is -4.48. The van der Waals surface area contributed by atoms with Gasteiger partial charge in [-0.1, -0.05) is 23.7 Å². The zero-order valence-corrected chi connectivity index (χ0v) is 15.6. The molecule has 0 saturated heterocycles. The van der Waals surface area contributed by atoms with Crippen molar-refractivity contribution in [2.45, 2.75) is 12.8 Å². The average molecular weight is 422 g/mol. The minimum Gasteiger partial charge on any atom is -0.508 e. The fourth-order valence-electron chi connectivity index (χ4n) is 2.51. The van der Waals surface area contributed by atoms with Crippen LogP contribution < -0.4 is 10.1 Å². The fourth-order valence-corrected chi connectivity index (χ4v) is 2.74. The third-order valence-electron chi connectivity index (χ3n) is 3.97. The van der Waals surface area contributed by atoms with Gasteiger partial charge in [-0.05, 0) is 60.2 Å². The summed E-state index contributed by atoms with van der Waals surface area (Å²) in [5, 5.41) is 11.8. The Morgan fingerprint density at radius 3 is 2.41 bits per heavy atom. The predicted octanol–water partition coefficient (Wildman–Crippen LogP) is 5.90. The Bertz CT molecular complexity index is 1020. The lowest BCUT2D eigenvalue weighted by atomic mass is 10.1. The topological polar surface area (TPSA) is 58.6 Å². The van der Waals surface area contributed by atoms with Gasteiger partial charge in [-0.3, -0.25) is 4.79 Å². The van der Waals surface area contributed by atoms with Crippen molar-refractivity contribution >= 4 is 23.2 Å². The van der Waals surface area contributed by atoms with Crippen LogP contribution in [0.15, 0.2) is 66.7 Å². The van der Waals surface area contributed by atoms with E-state index in [-0.39, 0.29) is 29.0 Å². The van der Waals surface area contributed by atoms with Gasteiger partial charge >= 0.3 is 6.18 Å². The van der Waals surface area contributed by atoms with Crippen LogP contribution in [0.3, 0.4) is 0 Å². The van der Waals surface area contributed by atoms with Crippen LogP contribution in [0.1, 0.15) is 21.5 Å². The van der Waals surface area contributed by atoms with Gasteiger partial charge in [-0.25, -0.2) is 0 Å². The van der Waals surface area contributed by atoms with Crippen LogP contribution >= 0.6 is 11.6 Å². The van der Waals surface area contributed by atoms with Gasteiger partial charge in [0.2, 0.25) is 0 Å². The van der Waals surface area contributed by atoms with Gasteiger partial charge in [0.15, 0.2) is 0 Å². The second-order valence-corrected chi connectivity index (χ2v) is 6.54. The summed E-state index contributed by atoms with van der Waals surface area (Å²) in [6, 6.07) is 15.5. The maximum atomic E-state index is 12.7. The molecule has 0 bridgehead atoms. The molecule has 0 heterocycles. The first-order valence-corrected chi connectivity index (χ1v) is 8.79. The highest BCUT2D eigenvalue weighted by Crippen LogP contribution is 2.35. The van der Waals surface area contributed by atoms with E-state index in [9.17, 15) is 23.1 Å². The minimum absolute atomic E-state index is 0.0193. The third kappa shape index (κ3) is 5.42. The molecular formula is C21H15ClF3NO3. The van der Waals surface area contributed by atoms with Crippen LogP contribution in [0.4, 0.5) is 18.9 Å². The lowest BCUT2D eigenvalue weighted by Gasteiger charge is -2.12. The number of ether oxygens (including phenoxy) is 1. The van der Waals surface area contributed by atoms with Crippen LogP contribution in [0.5, 0.6) is 11.5 Å². The molecule has 0 fully saturated rings. The molecule has 3 aromatic rings.